The maximum atomic E-state index is 11.1. The lowest BCUT2D eigenvalue weighted by atomic mass is 10.1. The first-order valence-corrected chi connectivity index (χ1v) is 4.52. The first-order valence-electron chi connectivity index (χ1n) is 4.52. The first-order chi connectivity index (χ1) is 7.15. The lowest BCUT2D eigenvalue weighted by molar-refractivity contribution is 0.452. The molecule has 1 aromatic carbocycles. The molecule has 0 spiro atoms. The van der Waals surface area contributed by atoms with Crippen LogP contribution in [0.25, 0.3) is 11.4 Å². The highest BCUT2D eigenvalue weighted by Crippen LogP contribution is 2.15. The topological polar surface area (TPSA) is 66.0 Å². The van der Waals surface area contributed by atoms with Gasteiger partial charge in [0.25, 0.3) is 5.56 Å². The second-order valence-electron chi connectivity index (χ2n) is 3.32. The maximum Gasteiger partial charge on any atom is 0.254 e. The summed E-state index contributed by atoms with van der Waals surface area (Å²) in [5.74, 6) is 0.106. The van der Waals surface area contributed by atoms with Crippen LogP contribution in [0, 0.1) is 6.92 Å². The molecule has 0 saturated carbocycles. The van der Waals surface area contributed by atoms with E-state index in [1.165, 1.54) is 0 Å². The molecule has 1 heterocycles. The van der Waals surface area contributed by atoms with Gasteiger partial charge in [-0.1, -0.05) is 29.8 Å². The van der Waals surface area contributed by atoms with Crippen LogP contribution in [0.4, 0.5) is 0 Å². The van der Waals surface area contributed by atoms with Crippen LogP contribution >= 0.6 is 0 Å². The minimum absolute atomic E-state index is 0.269. The molecule has 0 amide bonds. The van der Waals surface area contributed by atoms with Crippen molar-refractivity contribution < 1.29 is 5.11 Å². The molecule has 0 bridgehead atoms. The highest BCUT2D eigenvalue weighted by atomic mass is 16.3. The van der Waals surface area contributed by atoms with E-state index in [0.29, 0.717) is 5.82 Å². The number of benzene rings is 1. The summed E-state index contributed by atoms with van der Waals surface area (Å²) >= 11 is 0. The Morgan fingerprint density at radius 2 is 1.93 bits per heavy atom. The van der Waals surface area contributed by atoms with Crippen LogP contribution < -0.4 is 5.56 Å². The summed E-state index contributed by atoms with van der Waals surface area (Å²) in [6.45, 7) is 1.97. The van der Waals surface area contributed by atoms with Gasteiger partial charge >= 0.3 is 0 Å². The highest BCUT2D eigenvalue weighted by molar-refractivity contribution is 5.55. The van der Waals surface area contributed by atoms with Gasteiger partial charge in [0.05, 0.1) is 6.07 Å². The highest BCUT2D eigenvalue weighted by Gasteiger charge is 2.02. The van der Waals surface area contributed by atoms with Gasteiger partial charge in [-0.05, 0) is 6.92 Å². The van der Waals surface area contributed by atoms with Gasteiger partial charge in [-0.25, -0.2) is 0 Å². The average Bonchev–Trinajstić information content (AvgIpc) is 2.17. The van der Waals surface area contributed by atoms with E-state index < -0.39 is 0 Å². The Morgan fingerprint density at radius 1 is 1.27 bits per heavy atom. The van der Waals surface area contributed by atoms with E-state index in [1.54, 1.807) is 0 Å². The number of nitrogens with zero attached hydrogens (tertiary/aromatic N) is 1. The summed E-state index contributed by atoms with van der Waals surface area (Å²) in [5, 5.41) is 9.18. The monoisotopic (exact) mass is 202 g/mol. The van der Waals surface area contributed by atoms with E-state index in [1.807, 2.05) is 31.2 Å². The molecule has 2 aromatic rings. The van der Waals surface area contributed by atoms with Crippen LogP contribution in [-0.4, -0.2) is 15.1 Å². The van der Waals surface area contributed by atoms with Gasteiger partial charge in [0.1, 0.15) is 5.82 Å². The number of aromatic amines is 1. The minimum Gasteiger partial charge on any atom is -0.493 e. The Labute approximate surface area is 86.2 Å². The van der Waals surface area contributed by atoms with Crippen molar-refractivity contribution in [1.29, 1.82) is 0 Å². The second kappa shape index (κ2) is 3.57. The van der Waals surface area contributed by atoms with Crippen LogP contribution in [0.2, 0.25) is 0 Å². The van der Waals surface area contributed by atoms with Gasteiger partial charge in [0.15, 0.2) is 0 Å². The summed E-state index contributed by atoms with van der Waals surface area (Å²) in [5.41, 5.74) is 1.54. The van der Waals surface area contributed by atoms with Crippen molar-refractivity contribution in [3.8, 4) is 17.3 Å². The van der Waals surface area contributed by atoms with E-state index in [0.717, 1.165) is 17.2 Å². The van der Waals surface area contributed by atoms with Crippen LogP contribution in [0.15, 0.2) is 35.1 Å². The molecule has 1 aromatic heterocycles. The Bertz CT molecular complexity index is 529. The predicted octanol–water partition coefficient (Wildman–Crippen LogP) is 1.45. The molecule has 0 aliphatic carbocycles. The molecule has 4 heteroatoms. The van der Waals surface area contributed by atoms with E-state index in [9.17, 15) is 9.90 Å². The zero-order valence-corrected chi connectivity index (χ0v) is 8.19. The largest absolute Gasteiger partial charge is 0.493 e. The Kier molecular flexibility index (Phi) is 2.25. The molecule has 2 N–H and O–H groups in total. The third-order valence-corrected chi connectivity index (χ3v) is 2.05. The molecule has 0 unspecified atom stereocenters. The van der Waals surface area contributed by atoms with Crippen molar-refractivity contribution in [3.05, 3.63) is 46.2 Å². The number of hydrogen-bond acceptors (Lipinski definition) is 3. The predicted molar refractivity (Wildman–Crippen MR) is 56.7 cm³/mol. The minimum atomic E-state index is -0.363. The van der Waals surface area contributed by atoms with Crippen LogP contribution in [0.5, 0.6) is 5.88 Å². The lowest BCUT2D eigenvalue weighted by Crippen LogP contribution is -2.06. The molecular weight excluding hydrogens is 192 g/mol. The fourth-order valence-electron chi connectivity index (χ4n) is 1.29. The Balaban J connectivity index is 2.54. The average molecular weight is 202 g/mol. The second-order valence-corrected chi connectivity index (χ2v) is 3.32. The van der Waals surface area contributed by atoms with Gasteiger partial charge in [0.2, 0.25) is 5.88 Å². The van der Waals surface area contributed by atoms with Crippen molar-refractivity contribution in [2.45, 2.75) is 6.92 Å². The fraction of sp³-hybridized carbons (Fsp3) is 0.0909. The van der Waals surface area contributed by atoms with Crippen molar-refractivity contribution in [3.63, 3.8) is 0 Å². The molecule has 0 saturated heterocycles. The molecule has 15 heavy (non-hydrogen) atoms. The van der Waals surface area contributed by atoms with Gasteiger partial charge < -0.3 is 10.1 Å². The summed E-state index contributed by atoms with van der Waals surface area (Å²) in [4.78, 5) is 17.5. The molecule has 0 atom stereocenters. The zero-order chi connectivity index (χ0) is 10.8. The molecule has 0 radical (unpaired) electrons. The number of aryl methyl sites for hydroxylation is 1. The lowest BCUT2D eigenvalue weighted by Gasteiger charge is -2.01. The first kappa shape index (κ1) is 9.45. The van der Waals surface area contributed by atoms with Crippen molar-refractivity contribution in [2.75, 3.05) is 0 Å². The fourth-order valence-corrected chi connectivity index (χ4v) is 1.29. The van der Waals surface area contributed by atoms with Crippen LogP contribution in [0.3, 0.4) is 0 Å². The number of H-pyrrole nitrogens is 1. The number of rotatable bonds is 1. The summed E-state index contributed by atoms with van der Waals surface area (Å²) in [7, 11) is 0. The molecule has 0 fully saturated rings. The quantitative estimate of drug-likeness (QED) is 0.735. The van der Waals surface area contributed by atoms with Gasteiger partial charge in [-0.2, -0.15) is 4.98 Å². The Hall–Kier alpha value is -2.10. The maximum absolute atomic E-state index is 11.1. The van der Waals surface area contributed by atoms with E-state index in [-0.39, 0.29) is 11.4 Å². The molecule has 4 nitrogen and oxygen atoms in total. The number of nitrogens with one attached hydrogen (secondary N) is 1. The molecule has 0 aliphatic rings. The molecule has 76 valence electrons. The number of aromatic hydroxyl groups is 1. The summed E-state index contributed by atoms with van der Waals surface area (Å²) in [6, 6.07) is 8.55. The third-order valence-electron chi connectivity index (χ3n) is 2.05. The van der Waals surface area contributed by atoms with E-state index >= 15 is 0 Å². The van der Waals surface area contributed by atoms with Gasteiger partial charge in [0, 0.05) is 5.56 Å². The van der Waals surface area contributed by atoms with E-state index in [2.05, 4.69) is 9.97 Å². The Morgan fingerprint density at radius 3 is 2.53 bits per heavy atom. The standard InChI is InChI=1S/C11H10N2O2/c1-7-2-4-8(5-3-7)11-12-9(14)6-10(15)13-11/h2-6H,1H3,(H2,12,13,14,15). The third kappa shape index (κ3) is 2.04. The molecule has 2 rings (SSSR count). The molecule has 0 aliphatic heterocycles. The van der Waals surface area contributed by atoms with Crippen molar-refractivity contribution in [2.24, 2.45) is 0 Å². The van der Waals surface area contributed by atoms with E-state index in [4.69, 9.17) is 0 Å². The number of aromatic nitrogens is 2. The summed E-state index contributed by atoms with van der Waals surface area (Å²) < 4.78 is 0. The SMILES string of the molecule is Cc1ccc(-c2nc(O)cc(=O)[nH]2)cc1. The smallest absolute Gasteiger partial charge is 0.254 e. The van der Waals surface area contributed by atoms with Crippen molar-refractivity contribution >= 4 is 0 Å². The zero-order valence-electron chi connectivity index (χ0n) is 8.19. The van der Waals surface area contributed by atoms with Crippen LogP contribution in [0.1, 0.15) is 5.56 Å². The normalized spacial score (nSPS) is 10.2. The summed E-state index contributed by atoms with van der Waals surface area (Å²) in [6.07, 6.45) is 0. The van der Waals surface area contributed by atoms with Gasteiger partial charge in [-0.3, -0.25) is 4.79 Å². The molecular formula is C11H10N2O2. The number of hydrogen-bond donors (Lipinski definition) is 2. The van der Waals surface area contributed by atoms with Gasteiger partial charge in [-0.15, -0.1) is 0 Å². The van der Waals surface area contributed by atoms with Crippen LogP contribution in [-0.2, 0) is 0 Å². The van der Waals surface area contributed by atoms with Crippen molar-refractivity contribution in [1.82, 2.24) is 9.97 Å².